The van der Waals surface area contributed by atoms with E-state index in [2.05, 4.69) is 20.8 Å². The highest BCUT2D eigenvalue weighted by Gasteiger charge is 2.38. The van der Waals surface area contributed by atoms with Crippen LogP contribution >= 0.6 is 11.8 Å². The van der Waals surface area contributed by atoms with Gasteiger partial charge in [0.2, 0.25) is 0 Å². The average molecular weight is 287 g/mol. The molecular weight excluding hydrogens is 262 g/mol. The van der Waals surface area contributed by atoms with Crippen molar-refractivity contribution in [3.8, 4) is 0 Å². The van der Waals surface area contributed by atoms with Gasteiger partial charge in [-0.25, -0.2) is 0 Å². The number of carboxylic acid groups (broad SMARTS) is 1. The predicted octanol–water partition coefficient (Wildman–Crippen LogP) is 2.31. The second-order valence-corrected chi connectivity index (χ2v) is 7.84. The number of carbonyl (C=O) groups is 2. The lowest BCUT2D eigenvalue weighted by atomic mass is 9.76. The summed E-state index contributed by atoms with van der Waals surface area (Å²) in [5.41, 5.74) is 5.49. The molecule has 0 spiro atoms. The lowest BCUT2D eigenvalue weighted by Gasteiger charge is -2.37. The number of hydrogen-bond donors (Lipinski definition) is 2. The summed E-state index contributed by atoms with van der Waals surface area (Å²) >= 11 is 1.67. The molecule has 1 fully saturated rings. The third kappa shape index (κ3) is 4.80. The summed E-state index contributed by atoms with van der Waals surface area (Å²) in [6.07, 6.45) is 3.18. The van der Waals surface area contributed by atoms with Crippen molar-refractivity contribution >= 4 is 23.5 Å². The molecule has 0 aromatic rings. The summed E-state index contributed by atoms with van der Waals surface area (Å²) in [6, 6.07) is -0.801. The van der Waals surface area contributed by atoms with Crippen LogP contribution in [-0.4, -0.2) is 33.4 Å². The molecule has 1 saturated carbocycles. The summed E-state index contributed by atoms with van der Waals surface area (Å²) in [5.74, 6) is 0.680. The molecule has 1 unspecified atom stereocenters. The lowest BCUT2D eigenvalue weighted by Crippen LogP contribution is -2.39. The highest BCUT2D eigenvalue weighted by Crippen LogP contribution is 2.40. The molecule has 0 aliphatic heterocycles. The molecule has 3 atom stereocenters. The molecule has 1 aliphatic carbocycles. The van der Waals surface area contributed by atoms with Crippen molar-refractivity contribution in [3.63, 3.8) is 0 Å². The Balaban J connectivity index is 2.47. The minimum absolute atomic E-state index is 0.0924. The molecule has 0 amide bonds. The summed E-state index contributed by atoms with van der Waals surface area (Å²) in [4.78, 5) is 22.8. The number of Topliss-reactive ketones (excluding diaryl/α,β-unsaturated/α-hetero) is 1. The molecule has 0 aromatic heterocycles. The number of carbonyl (C=O) groups excluding carboxylic acids is 1. The number of hydrogen-bond acceptors (Lipinski definition) is 4. The molecule has 3 N–H and O–H groups in total. The number of thioether (sulfide) groups is 1. The summed E-state index contributed by atoms with van der Waals surface area (Å²) in [7, 11) is 0. The zero-order valence-corrected chi connectivity index (χ0v) is 12.8. The fraction of sp³-hybridized carbons (Fsp3) is 0.857. The average Bonchev–Trinajstić information content (AvgIpc) is 2.27. The Morgan fingerprint density at radius 2 is 2.16 bits per heavy atom. The Bertz CT molecular complexity index is 344. The molecule has 0 heterocycles. The smallest absolute Gasteiger partial charge is 0.320 e. The monoisotopic (exact) mass is 287 g/mol. The van der Waals surface area contributed by atoms with E-state index in [1.54, 1.807) is 11.8 Å². The van der Waals surface area contributed by atoms with Crippen molar-refractivity contribution in [1.29, 1.82) is 0 Å². The van der Waals surface area contributed by atoms with Crippen LogP contribution in [-0.2, 0) is 9.59 Å². The second kappa shape index (κ2) is 6.75. The van der Waals surface area contributed by atoms with Crippen molar-refractivity contribution in [2.75, 3.05) is 5.75 Å². The molecule has 19 heavy (non-hydrogen) atoms. The third-order valence-corrected chi connectivity index (χ3v) is 5.41. The molecule has 1 aliphatic rings. The minimum Gasteiger partial charge on any atom is -0.480 e. The largest absolute Gasteiger partial charge is 0.480 e. The first-order valence-electron chi connectivity index (χ1n) is 6.89. The van der Waals surface area contributed by atoms with E-state index >= 15 is 0 Å². The van der Waals surface area contributed by atoms with Gasteiger partial charge < -0.3 is 10.8 Å². The van der Waals surface area contributed by atoms with E-state index in [9.17, 15) is 9.59 Å². The maximum atomic E-state index is 12.1. The number of rotatable bonds is 6. The van der Waals surface area contributed by atoms with Gasteiger partial charge in [-0.3, -0.25) is 9.59 Å². The Hall–Kier alpha value is -0.550. The number of ketones is 1. The molecule has 0 aromatic carbocycles. The van der Waals surface area contributed by atoms with Crippen LogP contribution < -0.4 is 5.73 Å². The van der Waals surface area contributed by atoms with Crippen LogP contribution in [0.3, 0.4) is 0 Å². The van der Waals surface area contributed by atoms with Gasteiger partial charge in [0, 0.05) is 17.1 Å². The summed E-state index contributed by atoms with van der Waals surface area (Å²) in [5, 5.41) is 8.74. The second-order valence-electron chi connectivity index (χ2n) is 6.09. The van der Waals surface area contributed by atoms with E-state index in [-0.39, 0.29) is 10.7 Å². The van der Waals surface area contributed by atoms with E-state index < -0.39 is 12.0 Å². The van der Waals surface area contributed by atoms with E-state index in [0.29, 0.717) is 30.3 Å². The number of nitrogens with two attached hydrogens (primary N) is 1. The van der Waals surface area contributed by atoms with Crippen molar-refractivity contribution in [2.45, 2.75) is 57.2 Å². The highest BCUT2D eigenvalue weighted by atomic mass is 32.2. The Labute approximate surface area is 119 Å². The standard InChI is InChI=1S/C14H25NO3S/c1-9-4-5-10(12(16)8-9)14(2,3)19-7-6-11(15)13(17)18/h9-11H,4-8,15H2,1-3H3,(H,17,18)/t9-,10+,11?/m1/s1. The molecule has 4 nitrogen and oxygen atoms in total. The molecule has 0 saturated heterocycles. The van der Waals surface area contributed by atoms with Gasteiger partial charge >= 0.3 is 5.97 Å². The van der Waals surface area contributed by atoms with E-state index in [0.717, 1.165) is 12.8 Å². The highest BCUT2D eigenvalue weighted by molar-refractivity contribution is 8.00. The van der Waals surface area contributed by atoms with E-state index in [1.807, 2.05) is 0 Å². The Morgan fingerprint density at radius 3 is 2.68 bits per heavy atom. The van der Waals surface area contributed by atoms with Gasteiger partial charge in [0.15, 0.2) is 0 Å². The lowest BCUT2D eigenvalue weighted by molar-refractivity contribution is -0.138. The third-order valence-electron chi connectivity index (χ3n) is 3.95. The first-order valence-corrected chi connectivity index (χ1v) is 7.87. The summed E-state index contributed by atoms with van der Waals surface area (Å²) in [6.45, 7) is 6.30. The zero-order valence-electron chi connectivity index (χ0n) is 12.0. The van der Waals surface area contributed by atoms with E-state index in [4.69, 9.17) is 10.8 Å². The van der Waals surface area contributed by atoms with Crippen LogP contribution in [0.2, 0.25) is 0 Å². The van der Waals surface area contributed by atoms with Gasteiger partial charge in [-0.2, -0.15) is 11.8 Å². The van der Waals surface area contributed by atoms with Crippen LogP contribution in [0, 0.1) is 11.8 Å². The zero-order chi connectivity index (χ0) is 14.6. The maximum Gasteiger partial charge on any atom is 0.320 e. The van der Waals surface area contributed by atoms with Gasteiger partial charge in [0.25, 0.3) is 0 Å². The first-order chi connectivity index (χ1) is 8.74. The van der Waals surface area contributed by atoms with Gasteiger partial charge in [-0.1, -0.05) is 6.92 Å². The molecular formula is C14H25NO3S. The van der Waals surface area contributed by atoms with Crippen molar-refractivity contribution in [1.82, 2.24) is 0 Å². The van der Waals surface area contributed by atoms with Gasteiger partial charge in [0.1, 0.15) is 11.8 Å². The van der Waals surface area contributed by atoms with Crippen molar-refractivity contribution < 1.29 is 14.7 Å². The number of aliphatic carboxylic acids is 1. The van der Waals surface area contributed by atoms with Crippen LogP contribution in [0.25, 0.3) is 0 Å². The Morgan fingerprint density at radius 1 is 1.53 bits per heavy atom. The quantitative estimate of drug-likeness (QED) is 0.783. The summed E-state index contributed by atoms with van der Waals surface area (Å²) < 4.78 is -0.130. The van der Waals surface area contributed by atoms with Crippen molar-refractivity contribution in [3.05, 3.63) is 0 Å². The van der Waals surface area contributed by atoms with Gasteiger partial charge in [-0.05, 0) is 44.8 Å². The van der Waals surface area contributed by atoms with Crippen LogP contribution in [0.5, 0.6) is 0 Å². The molecule has 110 valence electrons. The SMILES string of the molecule is C[C@@H]1CC[C@H](C(C)(C)SCCC(N)C(=O)O)C(=O)C1. The Kier molecular flexibility index (Phi) is 5.86. The minimum atomic E-state index is -0.957. The topological polar surface area (TPSA) is 80.4 Å². The maximum absolute atomic E-state index is 12.1. The van der Waals surface area contributed by atoms with Gasteiger partial charge in [-0.15, -0.1) is 0 Å². The molecule has 1 rings (SSSR count). The predicted molar refractivity (Wildman–Crippen MR) is 78.3 cm³/mol. The molecule has 5 heteroatoms. The molecule has 0 bridgehead atoms. The van der Waals surface area contributed by atoms with E-state index in [1.165, 1.54) is 0 Å². The fourth-order valence-electron chi connectivity index (χ4n) is 2.61. The van der Waals surface area contributed by atoms with Crippen LogP contribution in [0.1, 0.15) is 46.5 Å². The first kappa shape index (κ1) is 16.5. The van der Waals surface area contributed by atoms with Gasteiger partial charge in [0.05, 0.1) is 0 Å². The van der Waals surface area contributed by atoms with Crippen molar-refractivity contribution in [2.24, 2.45) is 17.6 Å². The van der Waals surface area contributed by atoms with Crippen LogP contribution in [0.15, 0.2) is 0 Å². The normalized spacial score (nSPS) is 26.2. The van der Waals surface area contributed by atoms with Crippen LogP contribution in [0.4, 0.5) is 0 Å². The number of carboxylic acids is 1. The molecule has 0 radical (unpaired) electrons. The fourth-order valence-corrected chi connectivity index (χ4v) is 3.96.